The van der Waals surface area contributed by atoms with Crippen LogP contribution in [0.2, 0.25) is 0 Å². The summed E-state index contributed by atoms with van der Waals surface area (Å²) in [5.74, 6) is 0.204. The molecule has 1 aliphatic carbocycles. The highest BCUT2D eigenvalue weighted by molar-refractivity contribution is 7.99. The molecule has 1 fully saturated rings. The summed E-state index contributed by atoms with van der Waals surface area (Å²) in [6.07, 6.45) is 6.65. The summed E-state index contributed by atoms with van der Waals surface area (Å²) in [6.45, 7) is 0. The van der Waals surface area contributed by atoms with Gasteiger partial charge in [-0.2, -0.15) is 17.0 Å². The zero-order chi connectivity index (χ0) is 13.8. The minimum Gasteiger partial charge on any atom is -0.360 e. The zero-order valence-corrected chi connectivity index (χ0v) is 11.3. The predicted octanol–water partition coefficient (Wildman–Crippen LogP) is 2.56. The van der Waals surface area contributed by atoms with E-state index in [1.54, 1.807) is 11.8 Å². The van der Waals surface area contributed by atoms with E-state index in [4.69, 9.17) is 5.26 Å². The molecule has 100 valence electrons. The van der Waals surface area contributed by atoms with Gasteiger partial charge in [0.15, 0.2) is 0 Å². The topological polar surface area (TPSA) is 91.8 Å². The molecule has 1 N–H and O–H groups in total. The predicted molar refractivity (Wildman–Crippen MR) is 74.2 cm³/mol. The van der Waals surface area contributed by atoms with E-state index in [0.717, 1.165) is 19.3 Å². The Bertz CT molecular complexity index is 529. The van der Waals surface area contributed by atoms with Gasteiger partial charge in [-0.25, -0.2) is 4.98 Å². The average molecular weight is 278 g/mol. The number of anilines is 1. The van der Waals surface area contributed by atoms with Crippen molar-refractivity contribution in [2.24, 2.45) is 0 Å². The molecular formula is C12H14N4O2S. The molecule has 2 atom stereocenters. The first-order chi connectivity index (χ1) is 9.17. The van der Waals surface area contributed by atoms with Crippen LogP contribution in [0.5, 0.6) is 0 Å². The Morgan fingerprint density at radius 2 is 2.42 bits per heavy atom. The standard InChI is InChI=1S/C12H14N4O2S/c1-19-10-4-2-3-9(10)15-12-11(16(17)18)8(7-13)5-6-14-12/h5-6,9-10H,2-4H2,1H3,(H,14,15). The van der Waals surface area contributed by atoms with Crippen LogP contribution in [0.15, 0.2) is 12.3 Å². The highest BCUT2D eigenvalue weighted by Crippen LogP contribution is 2.33. The second kappa shape index (κ2) is 5.89. The van der Waals surface area contributed by atoms with Crippen molar-refractivity contribution in [2.45, 2.75) is 30.6 Å². The highest BCUT2D eigenvalue weighted by Gasteiger charge is 2.30. The summed E-state index contributed by atoms with van der Waals surface area (Å²) in [5, 5.41) is 23.6. The Labute approximate surface area is 115 Å². The van der Waals surface area contributed by atoms with Gasteiger partial charge in [0.1, 0.15) is 11.6 Å². The zero-order valence-electron chi connectivity index (χ0n) is 10.5. The van der Waals surface area contributed by atoms with E-state index in [-0.39, 0.29) is 23.1 Å². The van der Waals surface area contributed by atoms with E-state index < -0.39 is 4.92 Å². The van der Waals surface area contributed by atoms with Crippen LogP contribution in [-0.4, -0.2) is 27.5 Å². The van der Waals surface area contributed by atoms with Crippen LogP contribution in [0.25, 0.3) is 0 Å². The van der Waals surface area contributed by atoms with Gasteiger partial charge in [-0.1, -0.05) is 6.42 Å². The molecule has 0 radical (unpaired) electrons. The van der Waals surface area contributed by atoms with Gasteiger partial charge >= 0.3 is 5.69 Å². The molecule has 6 nitrogen and oxygen atoms in total. The molecule has 0 aromatic carbocycles. The van der Waals surface area contributed by atoms with Crippen LogP contribution in [0.4, 0.5) is 11.5 Å². The van der Waals surface area contributed by atoms with Crippen LogP contribution in [-0.2, 0) is 0 Å². The van der Waals surface area contributed by atoms with Crippen LogP contribution < -0.4 is 5.32 Å². The first-order valence-corrected chi connectivity index (χ1v) is 7.29. The van der Waals surface area contributed by atoms with Gasteiger partial charge in [0.25, 0.3) is 0 Å². The number of thioether (sulfide) groups is 1. The Kier molecular flexibility index (Phi) is 4.22. The number of nitriles is 1. The maximum absolute atomic E-state index is 11.1. The third-order valence-electron chi connectivity index (χ3n) is 3.30. The molecule has 7 heteroatoms. The number of hydrogen-bond acceptors (Lipinski definition) is 6. The van der Waals surface area contributed by atoms with E-state index in [1.807, 2.05) is 12.3 Å². The molecule has 2 rings (SSSR count). The molecule has 1 aliphatic rings. The van der Waals surface area contributed by atoms with Crippen molar-refractivity contribution >= 4 is 23.3 Å². The number of nitro groups is 1. The van der Waals surface area contributed by atoms with E-state index in [9.17, 15) is 10.1 Å². The van der Waals surface area contributed by atoms with E-state index >= 15 is 0 Å². The van der Waals surface area contributed by atoms with E-state index in [0.29, 0.717) is 5.25 Å². The Hall–Kier alpha value is -1.81. The van der Waals surface area contributed by atoms with Gasteiger partial charge in [-0.05, 0) is 25.2 Å². The minimum absolute atomic E-state index is 0.0428. The number of aromatic nitrogens is 1. The summed E-state index contributed by atoms with van der Waals surface area (Å²) in [4.78, 5) is 14.6. The fraction of sp³-hybridized carbons (Fsp3) is 0.500. The molecule has 0 amide bonds. The third-order valence-corrected chi connectivity index (χ3v) is 4.47. The molecule has 1 heterocycles. The van der Waals surface area contributed by atoms with Gasteiger partial charge in [-0.15, -0.1) is 0 Å². The summed E-state index contributed by atoms with van der Waals surface area (Å²) in [6, 6.07) is 3.38. The van der Waals surface area contributed by atoms with Crippen LogP contribution >= 0.6 is 11.8 Å². The van der Waals surface area contributed by atoms with Crippen molar-refractivity contribution < 1.29 is 4.92 Å². The molecule has 0 saturated heterocycles. The second-order valence-corrected chi connectivity index (χ2v) is 5.46. The Balaban J connectivity index is 2.30. The number of pyridine rings is 1. The van der Waals surface area contributed by atoms with Crippen molar-refractivity contribution in [1.29, 1.82) is 5.26 Å². The van der Waals surface area contributed by atoms with Gasteiger partial charge < -0.3 is 5.32 Å². The third kappa shape index (κ3) is 2.79. The van der Waals surface area contributed by atoms with Crippen molar-refractivity contribution in [2.75, 3.05) is 11.6 Å². The molecule has 0 spiro atoms. The SMILES string of the molecule is CSC1CCCC1Nc1nccc(C#N)c1[N+](=O)[O-]. The van der Waals surface area contributed by atoms with Crippen LogP contribution in [0, 0.1) is 21.4 Å². The molecule has 1 saturated carbocycles. The van der Waals surface area contributed by atoms with Gasteiger partial charge in [0, 0.05) is 17.5 Å². The number of nitrogens with one attached hydrogen (secondary N) is 1. The molecule has 1 aromatic heterocycles. The Morgan fingerprint density at radius 1 is 1.63 bits per heavy atom. The molecule has 0 aliphatic heterocycles. The maximum Gasteiger partial charge on any atom is 0.328 e. The highest BCUT2D eigenvalue weighted by atomic mass is 32.2. The average Bonchev–Trinajstić information content (AvgIpc) is 2.85. The smallest absolute Gasteiger partial charge is 0.328 e. The summed E-state index contributed by atoms with van der Waals surface area (Å²) < 4.78 is 0. The van der Waals surface area contributed by atoms with Crippen molar-refractivity contribution in [3.8, 4) is 6.07 Å². The van der Waals surface area contributed by atoms with Crippen LogP contribution in [0.1, 0.15) is 24.8 Å². The lowest BCUT2D eigenvalue weighted by molar-refractivity contribution is -0.384. The van der Waals surface area contributed by atoms with Crippen molar-refractivity contribution in [3.05, 3.63) is 27.9 Å². The maximum atomic E-state index is 11.1. The minimum atomic E-state index is -0.545. The molecule has 1 aromatic rings. The number of hydrogen-bond donors (Lipinski definition) is 1. The lowest BCUT2D eigenvalue weighted by Crippen LogP contribution is -2.26. The Morgan fingerprint density at radius 3 is 3.05 bits per heavy atom. The lowest BCUT2D eigenvalue weighted by atomic mass is 10.2. The first-order valence-electron chi connectivity index (χ1n) is 6.00. The van der Waals surface area contributed by atoms with Gasteiger partial charge in [-0.3, -0.25) is 10.1 Å². The van der Waals surface area contributed by atoms with Crippen LogP contribution in [0.3, 0.4) is 0 Å². The summed E-state index contributed by atoms with van der Waals surface area (Å²) >= 11 is 1.76. The second-order valence-electron chi connectivity index (χ2n) is 4.38. The summed E-state index contributed by atoms with van der Waals surface area (Å²) in [5.41, 5.74) is -0.182. The summed E-state index contributed by atoms with van der Waals surface area (Å²) in [7, 11) is 0. The molecule has 0 bridgehead atoms. The molecule has 19 heavy (non-hydrogen) atoms. The van der Waals surface area contributed by atoms with Gasteiger partial charge in [0.2, 0.25) is 5.82 Å². The fourth-order valence-electron chi connectivity index (χ4n) is 2.38. The largest absolute Gasteiger partial charge is 0.360 e. The first kappa shape index (κ1) is 13.6. The number of nitrogens with zero attached hydrogens (tertiary/aromatic N) is 3. The van der Waals surface area contributed by atoms with Crippen molar-refractivity contribution in [1.82, 2.24) is 4.98 Å². The quantitative estimate of drug-likeness (QED) is 0.672. The normalized spacial score (nSPS) is 21.9. The molecular weight excluding hydrogens is 264 g/mol. The van der Waals surface area contributed by atoms with Gasteiger partial charge in [0.05, 0.1) is 4.92 Å². The fourth-order valence-corrected chi connectivity index (χ4v) is 3.32. The monoisotopic (exact) mass is 278 g/mol. The van der Waals surface area contributed by atoms with Crippen molar-refractivity contribution in [3.63, 3.8) is 0 Å². The van der Waals surface area contributed by atoms with E-state index in [1.165, 1.54) is 12.3 Å². The molecule has 2 unspecified atom stereocenters. The number of rotatable bonds is 4. The van der Waals surface area contributed by atoms with E-state index in [2.05, 4.69) is 10.3 Å². The lowest BCUT2D eigenvalue weighted by Gasteiger charge is -2.19.